The number of pyridine rings is 1. The van der Waals surface area contributed by atoms with Gasteiger partial charge in [-0.1, -0.05) is 0 Å². The Hall–Kier alpha value is -3.65. The van der Waals surface area contributed by atoms with Crippen molar-refractivity contribution in [2.75, 3.05) is 32.8 Å². The number of hydrogen-bond acceptors (Lipinski definition) is 6. The fourth-order valence-electron chi connectivity index (χ4n) is 3.90. The predicted octanol–water partition coefficient (Wildman–Crippen LogP) is 3.12. The second-order valence-electron chi connectivity index (χ2n) is 8.04. The van der Waals surface area contributed by atoms with Crippen LogP contribution in [0.3, 0.4) is 0 Å². The first-order valence-corrected chi connectivity index (χ1v) is 10.8. The minimum Gasteiger partial charge on any atom is -0.493 e. The Labute approximate surface area is 194 Å². The molecule has 1 fully saturated rings. The summed E-state index contributed by atoms with van der Waals surface area (Å²) in [5, 5.41) is 12.2. The summed E-state index contributed by atoms with van der Waals surface area (Å²) in [6, 6.07) is 7.35. The van der Waals surface area contributed by atoms with E-state index < -0.39 is 11.7 Å². The second kappa shape index (κ2) is 9.69. The third-order valence-corrected chi connectivity index (χ3v) is 5.68. The van der Waals surface area contributed by atoms with Gasteiger partial charge in [-0.15, -0.1) is 0 Å². The number of alkyl halides is 3. The summed E-state index contributed by atoms with van der Waals surface area (Å²) in [6.45, 7) is 2.61. The number of ether oxygens (including phenoxy) is 1. The molecule has 3 aromatic rings. The lowest BCUT2D eigenvalue weighted by molar-refractivity contribution is -0.139. The molecule has 1 saturated heterocycles. The molecule has 3 heterocycles. The minimum atomic E-state index is -4.63. The molecule has 0 aliphatic carbocycles. The molecule has 0 radical (unpaired) electrons. The molecule has 1 aliphatic rings. The third-order valence-electron chi connectivity index (χ3n) is 5.68. The van der Waals surface area contributed by atoms with Crippen LogP contribution in [0.1, 0.15) is 24.1 Å². The van der Waals surface area contributed by atoms with E-state index in [4.69, 9.17) is 4.74 Å². The Morgan fingerprint density at radius 1 is 1.26 bits per heavy atom. The number of imidazole rings is 1. The van der Waals surface area contributed by atoms with E-state index in [2.05, 4.69) is 20.2 Å². The lowest BCUT2D eigenvalue weighted by Crippen LogP contribution is -2.30. The number of carbonyl (C=O) groups excluding carboxylic acids is 1. The van der Waals surface area contributed by atoms with Crippen LogP contribution in [-0.4, -0.2) is 58.1 Å². The smallest absolute Gasteiger partial charge is 0.419 e. The molecule has 0 saturated carbocycles. The number of rotatable bonds is 6. The topological polar surface area (TPSA) is 96.1 Å². The first kappa shape index (κ1) is 23.5. The SMILES string of the molecule is Cn1cnc2c(C#N)nc(-c3ccc(OCCCN4CCNC(=O)CC4)c(C(F)(F)F)c3)cc21. The van der Waals surface area contributed by atoms with E-state index >= 15 is 0 Å². The number of nitrogens with zero attached hydrogens (tertiary/aromatic N) is 5. The molecule has 4 rings (SSSR count). The average molecular weight is 472 g/mol. The van der Waals surface area contributed by atoms with Crippen LogP contribution in [0.25, 0.3) is 22.3 Å². The summed E-state index contributed by atoms with van der Waals surface area (Å²) < 4.78 is 48.7. The summed E-state index contributed by atoms with van der Waals surface area (Å²) >= 11 is 0. The highest BCUT2D eigenvalue weighted by Crippen LogP contribution is 2.39. The maximum atomic E-state index is 13.8. The largest absolute Gasteiger partial charge is 0.493 e. The summed E-state index contributed by atoms with van der Waals surface area (Å²) in [4.78, 5) is 21.8. The number of halogens is 3. The molecule has 1 aliphatic heterocycles. The average Bonchev–Trinajstić information content (AvgIpc) is 3.05. The zero-order valence-corrected chi connectivity index (χ0v) is 18.5. The molecule has 0 spiro atoms. The summed E-state index contributed by atoms with van der Waals surface area (Å²) in [5.74, 6) is -0.251. The number of amides is 1. The summed E-state index contributed by atoms with van der Waals surface area (Å²) in [5.41, 5.74) is 0.609. The molecule has 0 unspecified atom stereocenters. The molecule has 34 heavy (non-hydrogen) atoms. The summed E-state index contributed by atoms with van der Waals surface area (Å²) in [6.07, 6.45) is -2.17. The Balaban J connectivity index is 1.52. The predicted molar refractivity (Wildman–Crippen MR) is 118 cm³/mol. The van der Waals surface area contributed by atoms with Gasteiger partial charge in [-0.2, -0.15) is 18.4 Å². The van der Waals surface area contributed by atoms with Gasteiger partial charge in [-0.3, -0.25) is 4.79 Å². The van der Waals surface area contributed by atoms with Crippen LogP contribution in [0, 0.1) is 11.3 Å². The highest BCUT2D eigenvalue weighted by molar-refractivity contribution is 5.84. The van der Waals surface area contributed by atoms with E-state index in [1.165, 1.54) is 18.5 Å². The lowest BCUT2D eigenvalue weighted by Gasteiger charge is -2.19. The van der Waals surface area contributed by atoms with Crippen LogP contribution in [0.2, 0.25) is 0 Å². The fourth-order valence-corrected chi connectivity index (χ4v) is 3.90. The van der Waals surface area contributed by atoms with Crippen molar-refractivity contribution in [2.24, 2.45) is 7.05 Å². The highest BCUT2D eigenvalue weighted by atomic mass is 19.4. The number of carbonyl (C=O) groups is 1. The first-order chi connectivity index (χ1) is 16.3. The standard InChI is InChI=1S/C23H23F3N6O2/c1-31-14-29-22-18(13-27)30-17(12-19(22)31)15-3-4-20(16(11-15)23(24,25)26)34-10-2-7-32-8-5-21(33)28-6-9-32/h3-4,11-12,14H,2,5-10H2,1H3,(H,28,33). The molecule has 1 aromatic carbocycles. The van der Waals surface area contributed by atoms with Crippen molar-refractivity contribution in [3.05, 3.63) is 41.9 Å². The van der Waals surface area contributed by atoms with Crippen molar-refractivity contribution >= 4 is 16.9 Å². The molecule has 1 N–H and O–H groups in total. The van der Waals surface area contributed by atoms with Gasteiger partial charge < -0.3 is 19.5 Å². The monoisotopic (exact) mass is 472 g/mol. The maximum absolute atomic E-state index is 13.8. The van der Waals surface area contributed by atoms with Crippen LogP contribution >= 0.6 is 0 Å². The number of aryl methyl sites for hydroxylation is 1. The normalized spacial score (nSPS) is 15.1. The van der Waals surface area contributed by atoms with Gasteiger partial charge >= 0.3 is 6.18 Å². The number of benzene rings is 1. The van der Waals surface area contributed by atoms with Crippen molar-refractivity contribution < 1.29 is 22.7 Å². The molecular weight excluding hydrogens is 449 g/mol. The quantitative estimate of drug-likeness (QED) is 0.554. The van der Waals surface area contributed by atoms with Gasteiger partial charge in [0.25, 0.3) is 0 Å². The van der Waals surface area contributed by atoms with Crippen LogP contribution in [-0.2, 0) is 18.0 Å². The third kappa shape index (κ3) is 5.12. The molecule has 2 aromatic heterocycles. The van der Waals surface area contributed by atoms with E-state index in [1.807, 2.05) is 6.07 Å². The van der Waals surface area contributed by atoms with E-state index in [-0.39, 0.29) is 35.2 Å². The van der Waals surface area contributed by atoms with Crippen molar-refractivity contribution in [3.63, 3.8) is 0 Å². The molecule has 11 heteroatoms. The van der Waals surface area contributed by atoms with E-state index in [1.54, 1.807) is 17.7 Å². The number of nitriles is 1. The Morgan fingerprint density at radius 3 is 2.85 bits per heavy atom. The highest BCUT2D eigenvalue weighted by Gasteiger charge is 2.35. The van der Waals surface area contributed by atoms with E-state index in [0.29, 0.717) is 50.1 Å². The van der Waals surface area contributed by atoms with Crippen molar-refractivity contribution in [2.45, 2.75) is 19.0 Å². The van der Waals surface area contributed by atoms with E-state index in [0.717, 1.165) is 6.07 Å². The minimum absolute atomic E-state index is 0.00702. The Kier molecular flexibility index (Phi) is 6.70. The van der Waals surface area contributed by atoms with Crippen molar-refractivity contribution in [1.82, 2.24) is 24.8 Å². The molecule has 0 atom stereocenters. The van der Waals surface area contributed by atoms with Gasteiger partial charge in [0.2, 0.25) is 5.91 Å². The lowest BCUT2D eigenvalue weighted by atomic mass is 10.1. The zero-order valence-electron chi connectivity index (χ0n) is 18.5. The summed E-state index contributed by atoms with van der Waals surface area (Å²) in [7, 11) is 1.73. The Bertz CT molecular complexity index is 1250. The molecule has 178 valence electrons. The van der Waals surface area contributed by atoms with Gasteiger partial charge in [-0.25, -0.2) is 9.97 Å². The van der Waals surface area contributed by atoms with Crippen LogP contribution in [0.5, 0.6) is 5.75 Å². The number of hydrogen-bond donors (Lipinski definition) is 1. The maximum Gasteiger partial charge on any atom is 0.419 e. The molecular formula is C23H23F3N6O2. The van der Waals surface area contributed by atoms with Gasteiger partial charge in [0, 0.05) is 45.2 Å². The van der Waals surface area contributed by atoms with Crippen LogP contribution in [0.15, 0.2) is 30.6 Å². The zero-order chi connectivity index (χ0) is 24.3. The second-order valence-corrected chi connectivity index (χ2v) is 8.04. The number of nitrogens with one attached hydrogen (secondary N) is 1. The fraction of sp³-hybridized carbons (Fsp3) is 0.391. The Morgan fingerprint density at radius 2 is 2.09 bits per heavy atom. The number of aromatic nitrogens is 3. The molecule has 8 nitrogen and oxygen atoms in total. The van der Waals surface area contributed by atoms with Gasteiger partial charge in [-0.05, 0) is 30.7 Å². The van der Waals surface area contributed by atoms with Gasteiger partial charge in [0.15, 0.2) is 5.69 Å². The van der Waals surface area contributed by atoms with Crippen LogP contribution < -0.4 is 10.1 Å². The molecule has 1 amide bonds. The number of fused-ring (bicyclic) bond motifs is 1. The van der Waals surface area contributed by atoms with Gasteiger partial charge in [0.05, 0.1) is 29.7 Å². The first-order valence-electron chi connectivity index (χ1n) is 10.8. The van der Waals surface area contributed by atoms with Crippen LogP contribution in [0.4, 0.5) is 13.2 Å². The van der Waals surface area contributed by atoms with Crippen molar-refractivity contribution in [3.8, 4) is 23.1 Å². The molecule has 0 bridgehead atoms. The van der Waals surface area contributed by atoms with Crippen molar-refractivity contribution in [1.29, 1.82) is 5.26 Å². The van der Waals surface area contributed by atoms with E-state index in [9.17, 15) is 23.2 Å². The van der Waals surface area contributed by atoms with Gasteiger partial charge in [0.1, 0.15) is 17.3 Å².